The Labute approximate surface area is 297 Å². The Kier molecular flexibility index (Phi) is 6.95. The smallest absolute Gasteiger partial charge is 0.0637 e. The number of benzene rings is 7. The zero-order valence-electron chi connectivity index (χ0n) is 28.0. The number of aromatic nitrogens is 1. The topological polar surface area (TPSA) is 11.4 Å². The second-order valence-electron chi connectivity index (χ2n) is 13.4. The molecule has 8 aromatic rings. The minimum absolute atomic E-state index is 0.178. The van der Waals surface area contributed by atoms with Gasteiger partial charge in [0.15, 0.2) is 0 Å². The molecule has 0 saturated heterocycles. The van der Waals surface area contributed by atoms with Gasteiger partial charge in [0, 0.05) is 50.6 Å². The van der Waals surface area contributed by atoms with Crippen LogP contribution in [0.15, 0.2) is 188 Å². The number of rotatable bonds is 6. The summed E-state index contributed by atoms with van der Waals surface area (Å²) in [5.74, 6) is 0.241. The maximum absolute atomic E-state index is 2.53. The van der Waals surface area contributed by atoms with Crippen LogP contribution >= 0.6 is 0 Å². The number of nitrogens with zero attached hydrogens (tertiary/aromatic N) is 3. The highest BCUT2D eigenvalue weighted by Gasteiger charge is 2.38. The second-order valence-corrected chi connectivity index (χ2v) is 13.4. The SMILES string of the molecule is C1=c2c(n(-c3ccccc3)c3ccc(-c4ccc(N(c5ccccc5)c5ccccc5)cc4)cc23)=CC2c3ccccc3N(c3ccccc3)C12. The molecule has 242 valence electrons. The van der Waals surface area contributed by atoms with Crippen molar-refractivity contribution in [1.29, 1.82) is 0 Å². The highest BCUT2D eigenvalue weighted by atomic mass is 15.2. The van der Waals surface area contributed by atoms with Crippen LogP contribution in [0, 0.1) is 0 Å². The molecule has 2 aliphatic rings. The van der Waals surface area contributed by atoms with Crippen molar-refractivity contribution in [3.63, 3.8) is 0 Å². The van der Waals surface area contributed by atoms with Gasteiger partial charge in [0.2, 0.25) is 0 Å². The first-order chi connectivity index (χ1) is 25.3. The summed E-state index contributed by atoms with van der Waals surface area (Å²) in [5, 5.41) is 3.82. The number of para-hydroxylation sites is 5. The molecule has 0 fully saturated rings. The molecule has 0 amide bonds. The molecule has 0 spiro atoms. The average Bonchev–Trinajstić information content (AvgIpc) is 3.70. The first kappa shape index (κ1) is 29.3. The Morgan fingerprint density at radius 2 is 1.00 bits per heavy atom. The minimum Gasteiger partial charge on any atom is -0.333 e. The molecule has 3 heteroatoms. The maximum Gasteiger partial charge on any atom is 0.0637 e. The van der Waals surface area contributed by atoms with Crippen LogP contribution < -0.4 is 20.4 Å². The van der Waals surface area contributed by atoms with E-state index in [2.05, 4.69) is 215 Å². The highest BCUT2D eigenvalue weighted by molar-refractivity contribution is 5.91. The average molecular weight is 654 g/mol. The largest absolute Gasteiger partial charge is 0.333 e. The molecule has 10 rings (SSSR count). The zero-order chi connectivity index (χ0) is 33.7. The van der Waals surface area contributed by atoms with Crippen molar-refractivity contribution < 1.29 is 0 Å². The van der Waals surface area contributed by atoms with Crippen LogP contribution in [0.25, 0.3) is 39.9 Å². The van der Waals surface area contributed by atoms with Gasteiger partial charge < -0.3 is 14.4 Å². The van der Waals surface area contributed by atoms with E-state index in [1.807, 2.05) is 0 Å². The van der Waals surface area contributed by atoms with Crippen LogP contribution in [0.3, 0.4) is 0 Å². The molecular weight excluding hydrogens is 619 g/mol. The molecule has 0 N–H and O–H groups in total. The van der Waals surface area contributed by atoms with E-state index in [0.717, 1.165) is 17.1 Å². The zero-order valence-corrected chi connectivity index (χ0v) is 28.0. The van der Waals surface area contributed by atoms with Crippen molar-refractivity contribution in [2.45, 2.75) is 12.0 Å². The monoisotopic (exact) mass is 653 g/mol. The van der Waals surface area contributed by atoms with Gasteiger partial charge in [-0.2, -0.15) is 0 Å². The fraction of sp³-hybridized carbons (Fsp3) is 0.0417. The third-order valence-corrected chi connectivity index (χ3v) is 10.5. The predicted octanol–water partition coefficient (Wildman–Crippen LogP) is 10.6. The molecule has 2 heterocycles. The van der Waals surface area contributed by atoms with Crippen LogP contribution in [0.4, 0.5) is 28.4 Å². The standard InChI is InChI=1S/C48H35N3/c1-5-15-36(16-6-1)49(37-17-7-2-8-18-37)40-28-25-34(26-29-40)35-27-30-46-42(31-35)44-33-47-43(32-48(44)51(46)39-21-11-4-12-22-39)41-23-13-14-24-45(41)50(47)38-19-9-3-10-20-38/h1-33,43,47H. The van der Waals surface area contributed by atoms with E-state index in [9.17, 15) is 0 Å². The van der Waals surface area contributed by atoms with Gasteiger partial charge >= 0.3 is 0 Å². The van der Waals surface area contributed by atoms with E-state index in [1.54, 1.807) is 0 Å². The van der Waals surface area contributed by atoms with Gasteiger partial charge in [-0.25, -0.2) is 0 Å². The normalized spacial score (nSPS) is 15.7. The van der Waals surface area contributed by atoms with E-state index >= 15 is 0 Å². The molecule has 51 heavy (non-hydrogen) atoms. The Morgan fingerprint density at radius 3 is 1.67 bits per heavy atom. The fourth-order valence-corrected chi connectivity index (χ4v) is 8.21. The summed E-state index contributed by atoms with van der Waals surface area (Å²) in [5.41, 5.74) is 12.1. The summed E-state index contributed by atoms with van der Waals surface area (Å²) < 4.78 is 2.45. The van der Waals surface area contributed by atoms with E-state index in [-0.39, 0.29) is 12.0 Å². The summed E-state index contributed by atoms with van der Waals surface area (Å²) in [6, 6.07) is 67.9. The van der Waals surface area contributed by atoms with E-state index < -0.39 is 0 Å². The van der Waals surface area contributed by atoms with Gasteiger partial charge in [0.25, 0.3) is 0 Å². The lowest BCUT2D eigenvalue weighted by atomic mass is 9.90. The van der Waals surface area contributed by atoms with Gasteiger partial charge in [-0.1, -0.05) is 115 Å². The predicted molar refractivity (Wildman–Crippen MR) is 213 cm³/mol. The van der Waals surface area contributed by atoms with Crippen LogP contribution in [0.2, 0.25) is 0 Å². The molecule has 1 aromatic heterocycles. The number of anilines is 5. The van der Waals surface area contributed by atoms with Gasteiger partial charge in [-0.15, -0.1) is 0 Å². The van der Waals surface area contributed by atoms with Crippen molar-refractivity contribution >= 4 is 51.5 Å². The van der Waals surface area contributed by atoms with Crippen LogP contribution in [-0.2, 0) is 0 Å². The van der Waals surface area contributed by atoms with Crippen LogP contribution in [0.5, 0.6) is 0 Å². The first-order valence-electron chi connectivity index (χ1n) is 17.7. The Balaban J connectivity index is 1.13. The quantitative estimate of drug-likeness (QED) is 0.177. The molecule has 7 aromatic carbocycles. The molecule has 0 bridgehead atoms. The molecule has 0 radical (unpaired) electrons. The molecule has 2 atom stereocenters. The van der Waals surface area contributed by atoms with Crippen molar-refractivity contribution in [2.24, 2.45) is 0 Å². The number of fused-ring (bicyclic) bond motifs is 6. The van der Waals surface area contributed by atoms with Crippen molar-refractivity contribution in [1.82, 2.24) is 4.57 Å². The van der Waals surface area contributed by atoms with E-state index in [0.29, 0.717) is 0 Å². The lowest BCUT2D eigenvalue weighted by Crippen LogP contribution is -2.39. The van der Waals surface area contributed by atoms with E-state index in [4.69, 9.17) is 0 Å². The Morgan fingerprint density at radius 1 is 0.451 bits per heavy atom. The van der Waals surface area contributed by atoms with Crippen molar-refractivity contribution in [2.75, 3.05) is 9.80 Å². The van der Waals surface area contributed by atoms with Gasteiger partial charge in [0.05, 0.1) is 16.9 Å². The summed E-state index contributed by atoms with van der Waals surface area (Å²) in [4.78, 5) is 4.83. The second kappa shape index (κ2) is 12.1. The third-order valence-electron chi connectivity index (χ3n) is 10.5. The van der Waals surface area contributed by atoms with Crippen molar-refractivity contribution in [3.05, 3.63) is 204 Å². The first-order valence-corrected chi connectivity index (χ1v) is 17.7. The van der Waals surface area contributed by atoms with Gasteiger partial charge in [-0.3, -0.25) is 0 Å². The van der Waals surface area contributed by atoms with Gasteiger partial charge in [0.1, 0.15) is 0 Å². The fourth-order valence-electron chi connectivity index (χ4n) is 8.21. The number of hydrogen-bond donors (Lipinski definition) is 0. The Bertz CT molecular complexity index is 2590. The third kappa shape index (κ3) is 4.89. The molecular formula is C48H35N3. The highest BCUT2D eigenvalue weighted by Crippen LogP contribution is 2.47. The molecule has 1 aliphatic carbocycles. The Hall–Kier alpha value is -6.58. The minimum atomic E-state index is 0.178. The molecule has 2 unspecified atom stereocenters. The molecule has 3 nitrogen and oxygen atoms in total. The van der Waals surface area contributed by atoms with Crippen molar-refractivity contribution in [3.8, 4) is 16.8 Å². The summed E-state index contributed by atoms with van der Waals surface area (Å²) in [7, 11) is 0. The maximum atomic E-state index is 2.53. The number of hydrogen-bond acceptors (Lipinski definition) is 2. The lowest BCUT2D eigenvalue weighted by Gasteiger charge is -2.28. The molecule has 0 saturated carbocycles. The van der Waals surface area contributed by atoms with Crippen LogP contribution in [0.1, 0.15) is 11.5 Å². The van der Waals surface area contributed by atoms with Gasteiger partial charge in [-0.05, 0) is 102 Å². The van der Waals surface area contributed by atoms with Crippen LogP contribution in [-0.4, -0.2) is 10.6 Å². The lowest BCUT2D eigenvalue weighted by molar-refractivity contribution is 0.796. The summed E-state index contributed by atoms with van der Waals surface area (Å²) >= 11 is 0. The van der Waals surface area contributed by atoms with E-state index in [1.165, 1.54) is 55.2 Å². The summed E-state index contributed by atoms with van der Waals surface area (Å²) in [6.07, 6.45) is 5.05. The molecule has 1 aliphatic heterocycles. The summed E-state index contributed by atoms with van der Waals surface area (Å²) in [6.45, 7) is 0.